The van der Waals surface area contributed by atoms with Gasteiger partial charge in [0, 0.05) is 12.1 Å². The molecule has 3 rings (SSSR count). The van der Waals surface area contributed by atoms with Crippen LogP contribution >= 0.6 is 11.5 Å². The van der Waals surface area contributed by atoms with Crippen molar-refractivity contribution < 1.29 is 9.47 Å². The minimum absolute atomic E-state index is 0.302. The van der Waals surface area contributed by atoms with Crippen LogP contribution in [-0.4, -0.2) is 33.8 Å². The number of rotatable bonds is 4. The maximum Gasteiger partial charge on any atom is 0.163 e. The van der Waals surface area contributed by atoms with E-state index in [1.807, 2.05) is 12.1 Å². The summed E-state index contributed by atoms with van der Waals surface area (Å²) in [6.45, 7) is 4.18. The van der Waals surface area contributed by atoms with Gasteiger partial charge in [-0.1, -0.05) is 18.3 Å². The van der Waals surface area contributed by atoms with Crippen LogP contribution in [-0.2, 0) is 0 Å². The number of fused-ring (bicyclic) bond motifs is 1. The fourth-order valence-corrected chi connectivity index (χ4v) is 2.95. The summed E-state index contributed by atoms with van der Waals surface area (Å²) in [5, 5.41) is 4.19. The van der Waals surface area contributed by atoms with E-state index in [1.54, 1.807) is 14.2 Å². The summed E-state index contributed by atoms with van der Waals surface area (Å²) in [7, 11) is 3.23. The van der Waals surface area contributed by atoms with Crippen LogP contribution < -0.4 is 9.47 Å². The molecule has 1 aromatic carbocycles. The monoisotopic (exact) mass is 304 g/mol. The third-order valence-electron chi connectivity index (χ3n) is 3.26. The van der Waals surface area contributed by atoms with E-state index in [-0.39, 0.29) is 0 Å². The highest BCUT2D eigenvalue weighted by molar-refractivity contribution is 7.09. The van der Waals surface area contributed by atoms with Gasteiger partial charge in [-0.25, -0.2) is 4.98 Å². The van der Waals surface area contributed by atoms with E-state index >= 15 is 0 Å². The highest BCUT2D eigenvalue weighted by Gasteiger charge is 2.18. The number of hydrogen-bond donors (Lipinski definition) is 1. The minimum atomic E-state index is 0.302. The summed E-state index contributed by atoms with van der Waals surface area (Å²) in [5.74, 6) is 2.41. The molecule has 0 aliphatic carbocycles. The van der Waals surface area contributed by atoms with Gasteiger partial charge in [0.15, 0.2) is 17.3 Å². The quantitative estimate of drug-likeness (QED) is 0.801. The third-order valence-corrected chi connectivity index (χ3v) is 4.01. The Morgan fingerprint density at radius 1 is 1.14 bits per heavy atom. The lowest BCUT2D eigenvalue weighted by atomic mass is 10.1. The van der Waals surface area contributed by atoms with Gasteiger partial charge in [0.2, 0.25) is 0 Å². The zero-order valence-electron chi connectivity index (χ0n) is 12.3. The number of benzene rings is 1. The molecule has 0 aliphatic heterocycles. The molecule has 0 saturated carbocycles. The predicted molar refractivity (Wildman–Crippen MR) is 82.2 cm³/mol. The van der Waals surface area contributed by atoms with E-state index in [0.29, 0.717) is 17.4 Å². The van der Waals surface area contributed by atoms with E-state index < -0.39 is 0 Å². The normalized spacial score (nSPS) is 11.3. The van der Waals surface area contributed by atoms with Crippen molar-refractivity contribution >= 4 is 22.6 Å². The molecule has 3 aromatic rings. The number of H-pyrrole nitrogens is 1. The second-order valence-corrected chi connectivity index (χ2v) is 5.71. The summed E-state index contributed by atoms with van der Waals surface area (Å²) >= 11 is 1.35. The van der Waals surface area contributed by atoms with Crippen LogP contribution in [0.1, 0.15) is 25.5 Å². The second kappa shape index (κ2) is 5.33. The van der Waals surface area contributed by atoms with Gasteiger partial charge >= 0.3 is 0 Å². The zero-order chi connectivity index (χ0) is 15.0. The third kappa shape index (κ3) is 2.33. The van der Waals surface area contributed by atoms with Gasteiger partial charge in [0.25, 0.3) is 0 Å². The SMILES string of the molecule is COc1cc2nc(-c3snnc3C(C)C)[nH]c2cc1OC. The molecule has 2 aromatic heterocycles. The first kappa shape index (κ1) is 13.8. The minimum Gasteiger partial charge on any atom is -0.493 e. The standard InChI is InChI=1S/C14H16N4O2S/c1-7(2)12-13(21-18-17-12)14-15-8-5-10(19-3)11(20-4)6-9(8)16-14/h5-7H,1-4H3,(H,15,16). The number of nitrogens with zero attached hydrogens (tertiary/aromatic N) is 3. The van der Waals surface area contributed by atoms with Crippen molar-refractivity contribution in [3.63, 3.8) is 0 Å². The summed E-state index contributed by atoms with van der Waals surface area (Å²) < 4.78 is 14.7. The van der Waals surface area contributed by atoms with Crippen molar-refractivity contribution in [1.29, 1.82) is 0 Å². The highest BCUT2D eigenvalue weighted by Crippen LogP contribution is 2.34. The molecule has 110 valence electrons. The maximum atomic E-state index is 5.31. The number of aromatic amines is 1. The lowest BCUT2D eigenvalue weighted by Gasteiger charge is -2.06. The lowest BCUT2D eigenvalue weighted by Crippen LogP contribution is -1.91. The molecule has 1 N–H and O–H groups in total. The first-order chi connectivity index (χ1) is 10.1. The Balaban J connectivity index is 2.15. The number of hydrogen-bond acceptors (Lipinski definition) is 6. The van der Waals surface area contributed by atoms with Crippen molar-refractivity contribution in [1.82, 2.24) is 19.6 Å². The Labute approximate surface area is 126 Å². The fourth-order valence-electron chi connectivity index (χ4n) is 2.18. The van der Waals surface area contributed by atoms with E-state index in [0.717, 1.165) is 27.4 Å². The molecule has 7 heteroatoms. The van der Waals surface area contributed by atoms with E-state index in [2.05, 4.69) is 33.4 Å². The first-order valence-electron chi connectivity index (χ1n) is 6.58. The van der Waals surface area contributed by atoms with Crippen LogP contribution in [0.5, 0.6) is 11.5 Å². The number of aromatic nitrogens is 4. The smallest absolute Gasteiger partial charge is 0.163 e. The lowest BCUT2D eigenvalue weighted by molar-refractivity contribution is 0.356. The molecule has 0 atom stereocenters. The topological polar surface area (TPSA) is 72.9 Å². The average Bonchev–Trinajstić information content (AvgIpc) is 3.11. The van der Waals surface area contributed by atoms with Crippen LogP contribution in [0.25, 0.3) is 21.7 Å². The molecule has 0 saturated heterocycles. The molecule has 21 heavy (non-hydrogen) atoms. The molecule has 2 heterocycles. The molecule has 6 nitrogen and oxygen atoms in total. The Morgan fingerprint density at radius 2 is 1.86 bits per heavy atom. The second-order valence-electron chi connectivity index (χ2n) is 4.95. The summed E-state index contributed by atoms with van der Waals surface area (Å²) in [4.78, 5) is 8.90. The number of imidazole rings is 1. The van der Waals surface area contributed by atoms with Crippen LogP contribution in [0, 0.1) is 0 Å². The van der Waals surface area contributed by atoms with Gasteiger partial charge in [0.1, 0.15) is 4.88 Å². The van der Waals surface area contributed by atoms with Crippen molar-refractivity contribution in [2.24, 2.45) is 0 Å². The number of ether oxygens (including phenoxy) is 2. The van der Waals surface area contributed by atoms with Gasteiger partial charge < -0.3 is 14.5 Å². The zero-order valence-corrected chi connectivity index (χ0v) is 13.1. The van der Waals surface area contributed by atoms with Gasteiger partial charge in [-0.05, 0) is 17.5 Å². The molecule has 0 bridgehead atoms. The molecule has 0 radical (unpaired) electrons. The van der Waals surface area contributed by atoms with Gasteiger partial charge in [-0.2, -0.15) is 0 Å². The fraction of sp³-hybridized carbons (Fsp3) is 0.357. The molecular formula is C14H16N4O2S. The Bertz CT molecular complexity index is 737. The van der Waals surface area contributed by atoms with E-state index in [4.69, 9.17) is 9.47 Å². The van der Waals surface area contributed by atoms with Crippen molar-refractivity contribution in [3.8, 4) is 22.2 Å². The maximum absolute atomic E-state index is 5.31. The van der Waals surface area contributed by atoms with Crippen molar-refractivity contribution in [2.45, 2.75) is 19.8 Å². The van der Waals surface area contributed by atoms with Crippen LogP contribution in [0.15, 0.2) is 12.1 Å². The van der Waals surface area contributed by atoms with Crippen LogP contribution in [0.4, 0.5) is 0 Å². The molecule has 0 fully saturated rings. The van der Waals surface area contributed by atoms with Crippen molar-refractivity contribution in [2.75, 3.05) is 14.2 Å². The predicted octanol–water partition coefficient (Wildman–Crippen LogP) is 3.22. The van der Waals surface area contributed by atoms with Gasteiger partial charge in [-0.15, -0.1) is 5.10 Å². The summed E-state index contributed by atoms with van der Waals surface area (Å²) in [6, 6.07) is 3.74. The molecule has 0 spiro atoms. The van der Waals surface area contributed by atoms with Crippen LogP contribution in [0.3, 0.4) is 0 Å². The first-order valence-corrected chi connectivity index (χ1v) is 7.35. The van der Waals surface area contributed by atoms with E-state index in [9.17, 15) is 0 Å². The number of nitrogens with one attached hydrogen (secondary N) is 1. The Hall–Kier alpha value is -2.15. The summed E-state index contributed by atoms with van der Waals surface area (Å²) in [5.41, 5.74) is 2.68. The highest BCUT2D eigenvalue weighted by atomic mass is 32.1. The van der Waals surface area contributed by atoms with Crippen molar-refractivity contribution in [3.05, 3.63) is 17.8 Å². The Morgan fingerprint density at radius 3 is 2.52 bits per heavy atom. The van der Waals surface area contributed by atoms with E-state index in [1.165, 1.54) is 11.5 Å². The molecular weight excluding hydrogens is 288 g/mol. The molecule has 0 amide bonds. The van der Waals surface area contributed by atoms with Gasteiger partial charge in [-0.3, -0.25) is 0 Å². The molecule has 0 aliphatic rings. The van der Waals surface area contributed by atoms with Crippen LogP contribution in [0.2, 0.25) is 0 Å². The number of methoxy groups -OCH3 is 2. The van der Waals surface area contributed by atoms with Gasteiger partial charge in [0.05, 0.1) is 30.9 Å². The average molecular weight is 304 g/mol. The largest absolute Gasteiger partial charge is 0.493 e. The summed E-state index contributed by atoms with van der Waals surface area (Å²) in [6.07, 6.45) is 0. The Kier molecular flexibility index (Phi) is 3.50. The molecule has 0 unspecified atom stereocenters.